The molecule has 0 aliphatic carbocycles. The van der Waals surface area contributed by atoms with E-state index in [9.17, 15) is 0 Å². The molecule has 1 aromatic heterocycles. The molecule has 11 rings (SSSR count). The van der Waals surface area contributed by atoms with Crippen LogP contribution in [0.2, 0.25) is 0 Å². The Balaban J connectivity index is 1.16. The van der Waals surface area contributed by atoms with Crippen molar-refractivity contribution in [2.75, 3.05) is 4.90 Å². The molecule has 272 valence electrons. The SMILES string of the molecule is c1ccc(-c2ccc(-c3ccccc3N(c3ccc(-c4ccccc4)cc3)c3cc4c(oc5cccc(-c6ccc7ccccc7c6)c54)c4ccccc34)cc2)cc1. The topological polar surface area (TPSA) is 16.4 Å². The first-order valence-corrected chi connectivity index (χ1v) is 19.8. The second-order valence-electron chi connectivity index (χ2n) is 14.9. The van der Waals surface area contributed by atoms with Gasteiger partial charge in [-0.25, -0.2) is 0 Å². The van der Waals surface area contributed by atoms with Crippen LogP contribution in [0.3, 0.4) is 0 Å². The van der Waals surface area contributed by atoms with Gasteiger partial charge in [-0.1, -0.05) is 188 Å². The van der Waals surface area contributed by atoms with Crippen LogP contribution in [0, 0.1) is 0 Å². The number of fused-ring (bicyclic) bond motifs is 6. The molecular weight excluding hydrogens is 703 g/mol. The maximum absolute atomic E-state index is 6.85. The van der Waals surface area contributed by atoms with Crippen LogP contribution in [0.15, 0.2) is 229 Å². The lowest BCUT2D eigenvalue weighted by Gasteiger charge is -2.29. The Labute approximate surface area is 337 Å². The fraction of sp³-hybridized carbons (Fsp3) is 0. The first kappa shape index (κ1) is 33.6. The summed E-state index contributed by atoms with van der Waals surface area (Å²) in [7, 11) is 0. The predicted molar refractivity (Wildman–Crippen MR) is 245 cm³/mol. The highest BCUT2D eigenvalue weighted by Gasteiger charge is 2.23. The number of nitrogens with zero attached hydrogens (tertiary/aromatic N) is 1. The first-order chi connectivity index (χ1) is 28.8. The van der Waals surface area contributed by atoms with Crippen molar-refractivity contribution >= 4 is 60.5 Å². The van der Waals surface area contributed by atoms with E-state index >= 15 is 0 Å². The zero-order chi connectivity index (χ0) is 38.4. The molecule has 0 fully saturated rings. The summed E-state index contributed by atoms with van der Waals surface area (Å²) in [6.45, 7) is 0. The molecule has 0 aliphatic rings. The number of furan rings is 1. The van der Waals surface area contributed by atoms with E-state index in [-0.39, 0.29) is 0 Å². The molecule has 58 heavy (non-hydrogen) atoms. The Morgan fingerprint density at radius 1 is 0.310 bits per heavy atom. The van der Waals surface area contributed by atoms with Crippen molar-refractivity contribution in [3.63, 3.8) is 0 Å². The molecule has 2 heteroatoms. The monoisotopic (exact) mass is 739 g/mol. The zero-order valence-corrected chi connectivity index (χ0v) is 31.7. The van der Waals surface area contributed by atoms with Crippen molar-refractivity contribution in [3.05, 3.63) is 224 Å². The van der Waals surface area contributed by atoms with Crippen LogP contribution in [0.5, 0.6) is 0 Å². The van der Waals surface area contributed by atoms with E-state index < -0.39 is 0 Å². The quantitative estimate of drug-likeness (QED) is 0.162. The third-order valence-corrected chi connectivity index (χ3v) is 11.5. The molecule has 2 nitrogen and oxygen atoms in total. The summed E-state index contributed by atoms with van der Waals surface area (Å²) in [5.74, 6) is 0. The normalized spacial score (nSPS) is 11.4. The summed E-state index contributed by atoms with van der Waals surface area (Å²) in [6, 6.07) is 80.6. The van der Waals surface area contributed by atoms with Gasteiger partial charge in [0.25, 0.3) is 0 Å². The Hall–Kier alpha value is -7.68. The average Bonchev–Trinajstić information content (AvgIpc) is 3.69. The molecule has 0 spiro atoms. The van der Waals surface area contributed by atoms with E-state index in [2.05, 4.69) is 229 Å². The van der Waals surface area contributed by atoms with Crippen LogP contribution in [0.25, 0.3) is 88.0 Å². The van der Waals surface area contributed by atoms with Crippen molar-refractivity contribution in [1.29, 1.82) is 0 Å². The summed E-state index contributed by atoms with van der Waals surface area (Å²) >= 11 is 0. The second-order valence-corrected chi connectivity index (χ2v) is 14.9. The van der Waals surface area contributed by atoms with Gasteiger partial charge in [0.05, 0.1) is 11.4 Å². The smallest absolute Gasteiger partial charge is 0.143 e. The van der Waals surface area contributed by atoms with Gasteiger partial charge in [0, 0.05) is 32.8 Å². The molecule has 0 saturated heterocycles. The van der Waals surface area contributed by atoms with Crippen molar-refractivity contribution in [2.24, 2.45) is 0 Å². The molecule has 1 heterocycles. The van der Waals surface area contributed by atoms with E-state index in [0.717, 1.165) is 66.5 Å². The Kier molecular flexibility index (Phi) is 8.19. The van der Waals surface area contributed by atoms with Crippen LogP contribution in [0.1, 0.15) is 0 Å². The molecule has 0 aliphatic heterocycles. The van der Waals surface area contributed by atoms with E-state index in [1.165, 1.54) is 38.6 Å². The van der Waals surface area contributed by atoms with Gasteiger partial charge in [0.2, 0.25) is 0 Å². The minimum atomic E-state index is 0.876. The van der Waals surface area contributed by atoms with Gasteiger partial charge >= 0.3 is 0 Å². The van der Waals surface area contributed by atoms with Gasteiger partial charge in [-0.2, -0.15) is 0 Å². The predicted octanol–water partition coefficient (Wildman–Crippen LogP) is 16.0. The Bertz CT molecular complexity index is 3250. The lowest BCUT2D eigenvalue weighted by molar-refractivity contribution is 0.673. The van der Waals surface area contributed by atoms with E-state index in [1.807, 2.05) is 0 Å². The standard InChI is InChI=1S/C56H37NO/c1-3-14-38(15-4-1)41-26-29-43(30-27-41)47-20-11-12-24-52(47)57(46-34-32-42(33-35-46)39-16-5-2-6-17-39)53-37-51-55-48(45-31-28-40-18-7-8-19-44(40)36-45)23-13-25-54(55)58-56(51)50-22-10-9-21-49(50)53/h1-37H. The maximum atomic E-state index is 6.85. The van der Waals surface area contributed by atoms with Crippen LogP contribution in [0.4, 0.5) is 17.1 Å². The van der Waals surface area contributed by atoms with Crippen LogP contribution < -0.4 is 4.90 Å². The highest BCUT2D eigenvalue weighted by atomic mass is 16.3. The first-order valence-electron chi connectivity index (χ1n) is 19.8. The Morgan fingerprint density at radius 2 is 0.862 bits per heavy atom. The van der Waals surface area contributed by atoms with E-state index in [4.69, 9.17) is 4.42 Å². The average molecular weight is 740 g/mol. The van der Waals surface area contributed by atoms with Crippen LogP contribution >= 0.6 is 0 Å². The second kappa shape index (κ2) is 14.1. The molecule has 0 unspecified atom stereocenters. The summed E-state index contributed by atoms with van der Waals surface area (Å²) in [5.41, 5.74) is 14.4. The van der Waals surface area contributed by atoms with Crippen molar-refractivity contribution in [2.45, 2.75) is 0 Å². The van der Waals surface area contributed by atoms with Gasteiger partial charge in [-0.3, -0.25) is 0 Å². The number of anilines is 3. The van der Waals surface area contributed by atoms with Gasteiger partial charge in [-0.05, 0) is 86.1 Å². The Morgan fingerprint density at radius 3 is 1.60 bits per heavy atom. The van der Waals surface area contributed by atoms with Crippen molar-refractivity contribution < 1.29 is 4.42 Å². The third kappa shape index (κ3) is 5.82. The largest absolute Gasteiger partial charge is 0.455 e. The van der Waals surface area contributed by atoms with Gasteiger partial charge in [0.1, 0.15) is 11.2 Å². The van der Waals surface area contributed by atoms with E-state index in [1.54, 1.807) is 0 Å². The fourth-order valence-electron chi connectivity index (χ4n) is 8.64. The summed E-state index contributed by atoms with van der Waals surface area (Å²) < 4.78 is 6.85. The number of hydrogen-bond donors (Lipinski definition) is 0. The van der Waals surface area contributed by atoms with Crippen LogP contribution in [-0.2, 0) is 0 Å². The minimum Gasteiger partial charge on any atom is -0.455 e. The zero-order valence-electron chi connectivity index (χ0n) is 31.7. The summed E-state index contributed by atoms with van der Waals surface area (Å²) in [4.78, 5) is 2.44. The maximum Gasteiger partial charge on any atom is 0.143 e. The lowest BCUT2D eigenvalue weighted by Crippen LogP contribution is -2.12. The van der Waals surface area contributed by atoms with Gasteiger partial charge in [0.15, 0.2) is 0 Å². The summed E-state index contributed by atoms with van der Waals surface area (Å²) in [5, 5.41) is 6.83. The minimum absolute atomic E-state index is 0.876. The fourth-order valence-corrected chi connectivity index (χ4v) is 8.64. The van der Waals surface area contributed by atoms with Crippen molar-refractivity contribution in [1.82, 2.24) is 0 Å². The molecular formula is C56H37NO. The molecule has 0 atom stereocenters. The number of hydrogen-bond acceptors (Lipinski definition) is 2. The van der Waals surface area contributed by atoms with E-state index in [0.29, 0.717) is 0 Å². The number of para-hydroxylation sites is 1. The molecule has 0 N–H and O–H groups in total. The van der Waals surface area contributed by atoms with Crippen LogP contribution in [-0.4, -0.2) is 0 Å². The van der Waals surface area contributed by atoms with Gasteiger partial charge < -0.3 is 9.32 Å². The molecule has 11 aromatic rings. The molecule has 0 radical (unpaired) electrons. The molecule has 0 saturated carbocycles. The highest BCUT2D eigenvalue weighted by Crippen LogP contribution is 2.48. The number of benzene rings is 10. The lowest BCUT2D eigenvalue weighted by atomic mass is 9.95. The summed E-state index contributed by atoms with van der Waals surface area (Å²) in [6.07, 6.45) is 0. The highest BCUT2D eigenvalue weighted by molar-refractivity contribution is 6.23. The molecule has 0 bridgehead atoms. The van der Waals surface area contributed by atoms with Crippen molar-refractivity contribution in [3.8, 4) is 44.5 Å². The molecule has 10 aromatic carbocycles. The third-order valence-electron chi connectivity index (χ3n) is 11.5. The number of rotatable bonds is 7. The molecule has 0 amide bonds. The van der Waals surface area contributed by atoms with Gasteiger partial charge in [-0.15, -0.1) is 0 Å².